The molecule has 1 unspecified atom stereocenters. The summed E-state index contributed by atoms with van der Waals surface area (Å²) < 4.78 is 0. The van der Waals surface area contributed by atoms with Crippen LogP contribution in [0.5, 0.6) is 0 Å². The monoisotopic (exact) mass is 377 g/mol. The summed E-state index contributed by atoms with van der Waals surface area (Å²) in [5, 5.41) is 0. The lowest BCUT2D eigenvalue weighted by Gasteiger charge is -2.37. The molecular formula is C23H27N3O2. The summed E-state index contributed by atoms with van der Waals surface area (Å²) in [7, 11) is 0. The molecule has 2 aliphatic heterocycles. The number of carbonyl (C=O) groups excluding carboxylic acids is 2. The van der Waals surface area contributed by atoms with Crippen LogP contribution in [0.2, 0.25) is 0 Å². The van der Waals surface area contributed by atoms with Gasteiger partial charge in [0.15, 0.2) is 0 Å². The molecule has 28 heavy (non-hydrogen) atoms. The third-order valence-corrected chi connectivity index (χ3v) is 5.93. The van der Waals surface area contributed by atoms with Crippen LogP contribution in [0.25, 0.3) is 0 Å². The number of benzene rings is 1. The summed E-state index contributed by atoms with van der Waals surface area (Å²) in [6, 6.07) is 14.3. The van der Waals surface area contributed by atoms with Gasteiger partial charge in [0.1, 0.15) is 0 Å². The molecule has 5 nitrogen and oxygen atoms in total. The zero-order valence-corrected chi connectivity index (χ0v) is 16.2. The van der Waals surface area contributed by atoms with Crippen molar-refractivity contribution in [1.82, 2.24) is 14.8 Å². The van der Waals surface area contributed by atoms with Gasteiger partial charge in [0.25, 0.3) is 0 Å². The third-order valence-electron chi connectivity index (χ3n) is 5.93. The summed E-state index contributed by atoms with van der Waals surface area (Å²) in [4.78, 5) is 33.9. The lowest BCUT2D eigenvalue weighted by atomic mass is 9.94. The van der Waals surface area contributed by atoms with Crippen molar-refractivity contribution in [2.75, 3.05) is 19.6 Å². The molecule has 2 fully saturated rings. The molecule has 0 saturated carbocycles. The highest BCUT2D eigenvalue weighted by molar-refractivity contribution is 5.89. The molecule has 2 amide bonds. The number of pyridine rings is 1. The number of carbonyl (C=O) groups is 2. The van der Waals surface area contributed by atoms with Gasteiger partial charge in [-0.25, -0.2) is 0 Å². The van der Waals surface area contributed by atoms with E-state index in [0.29, 0.717) is 19.5 Å². The van der Waals surface area contributed by atoms with Gasteiger partial charge >= 0.3 is 0 Å². The molecule has 1 aromatic heterocycles. The first kappa shape index (κ1) is 18.7. The molecule has 1 aromatic carbocycles. The highest BCUT2D eigenvalue weighted by atomic mass is 16.2. The van der Waals surface area contributed by atoms with Crippen molar-refractivity contribution in [2.45, 2.75) is 38.1 Å². The molecular weight excluding hydrogens is 350 g/mol. The number of amides is 2. The minimum Gasteiger partial charge on any atom is -0.342 e. The summed E-state index contributed by atoms with van der Waals surface area (Å²) in [5.41, 5.74) is 2.32. The van der Waals surface area contributed by atoms with Crippen LogP contribution >= 0.6 is 0 Å². The first-order chi connectivity index (χ1) is 13.7. The SMILES string of the molecule is O=C1CC(C(=O)N2CCCC[C@H]2c2cccnc2)CN1CCc1ccccc1. The fraction of sp³-hybridized carbons (Fsp3) is 0.435. The fourth-order valence-electron chi connectivity index (χ4n) is 4.41. The van der Waals surface area contributed by atoms with E-state index in [9.17, 15) is 9.59 Å². The van der Waals surface area contributed by atoms with Gasteiger partial charge in [-0.15, -0.1) is 0 Å². The molecule has 0 aliphatic carbocycles. The zero-order valence-electron chi connectivity index (χ0n) is 16.2. The number of nitrogens with zero attached hydrogens (tertiary/aromatic N) is 3. The Bertz CT molecular complexity index is 809. The highest BCUT2D eigenvalue weighted by Gasteiger charge is 2.39. The van der Waals surface area contributed by atoms with Crippen LogP contribution in [-0.2, 0) is 16.0 Å². The Kier molecular flexibility index (Phi) is 5.70. The Morgan fingerprint density at radius 1 is 1.11 bits per heavy atom. The molecule has 3 heterocycles. The van der Waals surface area contributed by atoms with Crippen LogP contribution in [0.3, 0.4) is 0 Å². The first-order valence-corrected chi connectivity index (χ1v) is 10.2. The molecule has 0 radical (unpaired) electrons. The van der Waals surface area contributed by atoms with Crippen molar-refractivity contribution in [3.8, 4) is 0 Å². The van der Waals surface area contributed by atoms with Crippen molar-refractivity contribution in [1.29, 1.82) is 0 Å². The van der Waals surface area contributed by atoms with Crippen LogP contribution in [0.4, 0.5) is 0 Å². The van der Waals surface area contributed by atoms with Gasteiger partial charge in [0, 0.05) is 38.4 Å². The summed E-state index contributed by atoms with van der Waals surface area (Å²) in [5.74, 6) is 0.00822. The van der Waals surface area contributed by atoms with E-state index in [0.717, 1.165) is 37.8 Å². The Hall–Kier alpha value is -2.69. The lowest BCUT2D eigenvalue weighted by molar-refractivity contribution is -0.139. The predicted octanol–water partition coefficient (Wildman–Crippen LogP) is 3.23. The average Bonchev–Trinajstić information content (AvgIpc) is 3.13. The largest absolute Gasteiger partial charge is 0.342 e. The standard InChI is InChI=1S/C23H27N3O2/c27-22-15-20(17-25(22)14-11-18-7-2-1-3-8-18)23(28)26-13-5-4-10-21(26)19-9-6-12-24-16-19/h1-3,6-9,12,16,20-21H,4-5,10-11,13-15,17H2/t20?,21-/m0/s1. The van der Waals surface area contributed by atoms with Crippen LogP contribution in [0.1, 0.15) is 42.9 Å². The van der Waals surface area contributed by atoms with Crippen molar-refractivity contribution in [3.05, 3.63) is 66.0 Å². The van der Waals surface area contributed by atoms with Crippen molar-refractivity contribution < 1.29 is 9.59 Å². The minimum atomic E-state index is -0.222. The van der Waals surface area contributed by atoms with Crippen molar-refractivity contribution >= 4 is 11.8 Å². The molecule has 0 N–H and O–H groups in total. The summed E-state index contributed by atoms with van der Waals surface area (Å²) in [6.07, 6.45) is 7.91. The average molecular weight is 377 g/mol. The number of aromatic nitrogens is 1. The van der Waals surface area contributed by atoms with Gasteiger partial charge in [-0.3, -0.25) is 14.6 Å². The molecule has 0 bridgehead atoms. The van der Waals surface area contributed by atoms with Crippen molar-refractivity contribution in [3.63, 3.8) is 0 Å². The summed E-state index contributed by atoms with van der Waals surface area (Å²) in [6.45, 7) is 1.99. The van der Waals surface area contributed by atoms with Crippen LogP contribution in [0.15, 0.2) is 54.9 Å². The molecule has 5 heteroatoms. The van der Waals surface area contributed by atoms with E-state index in [4.69, 9.17) is 0 Å². The Morgan fingerprint density at radius 2 is 1.96 bits per heavy atom. The van der Waals surface area contributed by atoms with E-state index >= 15 is 0 Å². The fourth-order valence-corrected chi connectivity index (χ4v) is 4.41. The molecule has 2 aromatic rings. The molecule has 2 aliphatic rings. The van der Waals surface area contributed by atoms with E-state index in [-0.39, 0.29) is 23.8 Å². The summed E-state index contributed by atoms with van der Waals surface area (Å²) >= 11 is 0. The maximum Gasteiger partial charge on any atom is 0.228 e. The second-order valence-corrected chi connectivity index (χ2v) is 7.81. The van der Waals surface area contributed by atoms with Crippen LogP contribution < -0.4 is 0 Å². The maximum atomic E-state index is 13.3. The Morgan fingerprint density at radius 3 is 2.75 bits per heavy atom. The highest BCUT2D eigenvalue weighted by Crippen LogP contribution is 2.33. The number of piperidine rings is 1. The van der Waals surface area contributed by atoms with E-state index in [2.05, 4.69) is 23.2 Å². The Balaban J connectivity index is 1.40. The zero-order chi connectivity index (χ0) is 19.3. The molecule has 4 rings (SSSR count). The molecule has 146 valence electrons. The predicted molar refractivity (Wildman–Crippen MR) is 107 cm³/mol. The van der Waals surface area contributed by atoms with Gasteiger partial charge in [0.2, 0.25) is 11.8 Å². The smallest absolute Gasteiger partial charge is 0.228 e. The van der Waals surface area contributed by atoms with E-state index in [1.807, 2.05) is 40.3 Å². The van der Waals surface area contributed by atoms with Gasteiger partial charge in [0.05, 0.1) is 12.0 Å². The Labute approximate surface area is 166 Å². The normalized spacial score (nSPS) is 22.5. The van der Waals surface area contributed by atoms with E-state index in [1.54, 1.807) is 6.20 Å². The maximum absolute atomic E-state index is 13.3. The van der Waals surface area contributed by atoms with Gasteiger partial charge in [-0.2, -0.15) is 0 Å². The number of rotatable bonds is 5. The second kappa shape index (κ2) is 8.55. The van der Waals surface area contributed by atoms with Gasteiger partial charge < -0.3 is 9.80 Å². The first-order valence-electron chi connectivity index (χ1n) is 10.2. The number of hydrogen-bond donors (Lipinski definition) is 0. The topological polar surface area (TPSA) is 53.5 Å². The van der Waals surface area contributed by atoms with Gasteiger partial charge in [-0.05, 0) is 42.9 Å². The van der Waals surface area contributed by atoms with Gasteiger partial charge in [-0.1, -0.05) is 36.4 Å². The lowest BCUT2D eigenvalue weighted by Crippen LogP contribution is -2.42. The third kappa shape index (κ3) is 4.08. The molecule has 0 spiro atoms. The minimum absolute atomic E-state index is 0.0865. The van der Waals surface area contributed by atoms with Crippen LogP contribution in [-0.4, -0.2) is 46.2 Å². The van der Waals surface area contributed by atoms with Crippen molar-refractivity contribution in [2.24, 2.45) is 5.92 Å². The number of hydrogen-bond acceptors (Lipinski definition) is 3. The van der Waals surface area contributed by atoms with E-state index in [1.165, 1.54) is 5.56 Å². The second-order valence-electron chi connectivity index (χ2n) is 7.81. The number of likely N-dealkylation sites (tertiary alicyclic amines) is 2. The quantitative estimate of drug-likeness (QED) is 0.804. The van der Waals surface area contributed by atoms with Crippen LogP contribution in [0, 0.1) is 5.92 Å². The molecule has 2 saturated heterocycles. The van der Waals surface area contributed by atoms with E-state index < -0.39 is 0 Å². The molecule has 2 atom stereocenters.